The van der Waals surface area contributed by atoms with Gasteiger partial charge in [0.25, 0.3) is 11.8 Å². The van der Waals surface area contributed by atoms with Gasteiger partial charge < -0.3 is 9.26 Å². The van der Waals surface area contributed by atoms with Gasteiger partial charge in [0.2, 0.25) is 5.82 Å². The zero-order chi connectivity index (χ0) is 16.9. The van der Waals surface area contributed by atoms with E-state index in [1.54, 1.807) is 0 Å². The maximum atomic E-state index is 11.6. The van der Waals surface area contributed by atoms with Crippen LogP contribution in [0.3, 0.4) is 0 Å². The number of methoxy groups -OCH3 is 1. The number of carbonyl (C=O) groups excluding carboxylic acids is 1. The number of rotatable bonds is 6. The molecule has 1 aromatic carbocycles. The van der Waals surface area contributed by atoms with Crippen molar-refractivity contribution in [1.29, 1.82) is 0 Å². The largest absolute Gasteiger partial charge is 0.375 e. The third-order valence-corrected chi connectivity index (χ3v) is 4.21. The van der Waals surface area contributed by atoms with E-state index in [9.17, 15) is 4.79 Å². The zero-order valence-corrected chi connectivity index (χ0v) is 14.1. The molecule has 2 heterocycles. The summed E-state index contributed by atoms with van der Waals surface area (Å²) in [6.07, 6.45) is 0.690. The molecule has 0 fully saturated rings. The topological polar surface area (TPSA) is 90.1 Å². The number of benzene rings is 1. The van der Waals surface area contributed by atoms with Crippen LogP contribution >= 0.6 is 11.3 Å². The normalized spacial score (nSPS) is 10.8. The predicted octanol–water partition coefficient (Wildman–Crippen LogP) is 3.01. The molecule has 0 aliphatic heterocycles. The Hall–Kier alpha value is -2.58. The molecule has 1 amide bonds. The molecule has 1 N–H and O–H groups in total. The van der Waals surface area contributed by atoms with Gasteiger partial charge in [0.05, 0.1) is 5.69 Å². The molecule has 2 aromatic heterocycles. The summed E-state index contributed by atoms with van der Waals surface area (Å²) in [5.74, 6) is 0.664. The standard InChI is InChI=1S/C16H16N4O3S/c1-3-11-13(24-16(17-11)18-12(21)9-22-2)15-19-14(20-23-15)10-7-5-4-6-8-10/h4-8H,3,9H2,1-2H3,(H,17,18,21). The Morgan fingerprint density at radius 3 is 2.79 bits per heavy atom. The average molecular weight is 344 g/mol. The molecule has 7 nitrogen and oxygen atoms in total. The summed E-state index contributed by atoms with van der Waals surface area (Å²) < 4.78 is 10.2. The molecule has 124 valence electrons. The summed E-state index contributed by atoms with van der Waals surface area (Å²) in [5, 5.41) is 7.21. The molecule has 0 bridgehead atoms. The van der Waals surface area contributed by atoms with E-state index in [0.717, 1.165) is 16.1 Å². The van der Waals surface area contributed by atoms with Crippen molar-refractivity contribution in [3.8, 4) is 22.2 Å². The molecule has 0 aliphatic carbocycles. The monoisotopic (exact) mass is 344 g/mol. The van der Waals surface area contributed by atoms with E-state index >= 15 is 0 Å². The van der Waals surface area contributed by atoms with Crippen molar-refractivity contribution in [2.45, 2.75) is 13.3 Å². The van der Waals surface area contributed by atoms with E-state index in [4.69, 9.17) is 9.26 Å². The van der Waals surface area contributed by atoms with Gasteiger partial charge in [-0.1, -0.05) is 53.7 Å². The van der Waals surface area contributed by atoms with E-state index in [-0.39, 0.29) is 12.5 Å². The molecule has 24 heavy (non-hydrogen) atoms. The first-order valence-electron chi connectivity index (χ1n) is 7.39. The van der Waals surface area contributed by atoms with Crippen molar-refractivity contribution >= 4 is 22.4 Å². The van der Waals surface area contributed by atoms with E-state index in [1.165, 1.54) is 18.4 Å². The van der Waals surface area contributed by atoms with Crippen LogP contribution in [0, 0.1) is 0 Å². The molecule has 0 aliphatic rings. The third kappa shape index (κ3) is 3.50. The number of nitrogens with one attached hydrogen (secondary N) is 1. The van der Waals surface area contributed by atoms with Crippen LogP contribution in [0.1, 0.15) is 12.6 Å². The molecular weight excluding hydrogens is 328 g/mol. The highest BCUT2D eigenvalue weighted by Crippen LogP contribution is 2.33. The molecule has 0 unspecified atom stereocenters. The third-order valence-electron chi connectivity index (χ3n) is 3.21. The molecule has 0 atom stereocenters. The lowest BCUT2D eigenvalue weighted by molar-refractivity contribution is -0.119. The summed E-state index contributed by atoms with van der Waals surface area (Å²) in [6.45, 7) is 1.96. The van der Waals surface area contributed by atoms with Gasteiger partial charge in [0, 0.05) is 12.7 Å². The molecule has 3 aromatic rings. The second-order valence-electron chi connectivity index (χ2n) is 4.92. The first-order valence-corrected chi connectivity index (χ1v) is 8.21. The minimum absolute atomic E-state index is 0.0188. The van der Waals surface area contributed by atoms with E-state index in [2.05, 4.69) is 20.4 Å². The van der Waals surface area contributed by atoms with Crippen molar-refractivity contribution in [3.05, 3.63) is 36.0 Å². The quantitative estimate of drug-likeness (QED) is 0.739. The summed E-state index contributed by atoms with van der Waals surface area (Å²) in [4.78, 5) is 21.2. The molecular formula is C16H16N4O3S. The molecule has 8 heteroatoms. The number of hydrogen-bond donors (Lipinski definition) is 1. The highest BCUT2D eigenvalue weighted by atomic mass is 32.1. The van der Waals surface area contributed by atoms with Crippen molar-refractivity contribution in [2.24, 2.45) is 0 Å². The summed E-state index contributed by atoms with van der Waals surface area (Å²) in [6, 6.07) is 9.59. The molecule has 0 saturated heterocycles. The van der Waals surface area contributed by atoms with Gasteiger partial charge in [0.1, 0.15) is 11.5 Å². The second kappa shape index (κ2) is 7.33. The van der Waals surface area contributed by atoms with Gasteiger partial charge in [-0.2, -0.15) is 4.98 Å². The molecule has 0 spiro atoms. The molecule has 3 rings (SSSR count). The van der Waals surface area contributed by atoms with Crippen LogP contribution in [0.25, 0.3) is 22.2 Å². The van der Waals surface area contributed by atoms with E-state index < -0.39 is 0 Å². The van der Waals surface area contributed by atoms with Crippen molar-refractivity contribution in [3.63, 3.8) is 0 Å². The average Bonchev–Trinajstić information content (AvgIpc) is 3.22. The Labute approximate surface area is 142 Å². The number of nitrogens with zero attached hydrogens (tertiary/aromatic N) is 3. The predicted molar refractivity (Wildman–Crippen MR) is 90.7 cm³/mol. The Morgan fingerprint density at radius 1 is 1.29 bits per heavy atom. The number of carbonyl (C=O) groups is 1. The Kier molecular flexibility index (Phi) is 4.97. The number of aromatic nitrogens is 3. The van der Waals surface area contributed by atoms with Gasteiger partial charge in [-0.05, 0) is 6.42 Å². The minimum Gasteiger partial charge on any atom is -0.375 e. The highest BCUT2D eigenvalue weighted by Gasteiger charge is 2.19. The minimum atomic E-state index is -0.254. The van der Waals surface area contributed by atoms with Crippen LogP contribution in [0.4, 0.5) is 5.13 Å². The SMILES string of the molecule is CCc1nc(NC(=O)COC)sc1-c1nc(-c2ccccc2)no1. The van der Waals surface area contributed by atoms with Crippen LogP contribution in [-0.2, 0) is 16.0 Å². The van der Waals surface area contributed by atoms with Gasteiger partial charge >= 0.3 is 0 Å². The van der Waals surface area contributed by atoms with Crippen LogP contribution in [0.15, 0.2) is 34.9 Å². The van der Waals surface area contributed by atoms with Crippen LogP contribution in [0.5, 0.6) is 0 Å². The highest BCUT2D eigenvalue weighted by molar-refractivity contribution is 7.19. The fourth-order valence-corrected chi connectivity index (χ4v) is 3.11. The first-order chi connectivity index (χ1) is 11.7. The summed E-state index contributed by atoms with van der Waals surface area (Å²) in [5.41, 5.74) is 1.68. The van der Waals surface area contributed by atoms with Gasteiger partial charge in [-0.25, -0.2) is 4.98 Å². The fraction of sp³-hybridized carbons (Fsp3) is 0.250. The first kappa shape index (κ1) is 16.3. The van der Waals surface area contributed by atoms with Gasteiger partial charge in [0.15, 0.2) is 5.13 Å². The van der Waals surface area contributed by atoms with Gasteiger partial charge in [-0.15, -0.1) is 0 Å². The summed E-state index contributed by atoms with van der Waals surface area (Å²) >= 11 is 1.31. The van der Waals surface area contributed by atoms with Crippen molar-refractivity contribution in [1.82, 2.24) is 15.1 Å². The van der Waals surface area contributed by atoms with Crippen LogP contribution in [-0.4, -0.2) is 34.7 Å². The number of thiazole rings is 1. The molecule has 0 radical (unpaired) electrons. The second-order valence-corrected chi connectivity index (χ2v) is 5.92. The zero-order valence-electron chi connectivity index (χ0n) is 13.3. The maximum absolute atomic E-state index is 11.6. The number of amides is 1. The number of hydrogen-bond acceptors (Lipinski definition) is 7. The number of anilines is 1. The van der Waals surface area contributed by atoms with Crippen LogP contribution < -0.4 is 5.32 Å². The van der Waals surface area contributed by atoms with Crippen molar-refractivity contribution in [2.75, 3.05) is 19.0 Å². The lowest BCUT2D eigenvalue weighted by atomic mass is 10.2. The lowest BCUT2D eigenvalue weighted by Gasteiger charge is -1.98. The smallest absolute Gasteiger partial charge is 0.270 e. The van der Waals surface area contributed by atoms with E-state index in [0.29, 0.717) is 23.3 Å². The fourth-order valence-electron chi connectivity index (χ4n) is 2.12. The Morgan fingerprint density at radius 2 is 2.08 bits per heavy atom. The number of ether oxygens (including phenoxy) is 1. The van der Waals surface area contributed by atoms with Crippen LogP contribution in [0.2, 0.25) is 0 Å². The lowest BCUT2D eigenvalue weighted by Crippen LogP contribution is -2.16. The molecule has 0 saturated carbocycles. The van der Waals surface area contributed by atoms with E-state index in [1.807, 2.05) is 37.3 Å². The number of aryl methyl sites for hydroxylation is 1. The summed E-state index contributed by atoms with van der Waals surface area (Å²) in [7, 11) is 1.47. The Balaban J connectivity index is 1.88. The maximum Gasteiger partial charge on any atom is 0.270 e. The van der Waals surface area contributed by atoms with Crippen molar-refractivity contribution < 1.29 is 14.1 Å². The Bertz CT molecular complexity index is 829. The van der Waals surface area contributed by atoms with Gasteiger partial charge in [-0.3, -0.25) is 10.1 Å².